The summed E-state index contributed by atoms with van der Waals surface area (Å²) >= 11 is 7.08. The van der Waals surface area contributed by atoms with Crippen molar-refractivity contribution >= 4 is 46.3 Å². The van der Waals surface area contributed by atoms with Gasteiger partial charge in [0.25, 0.3) is 5.91 Å². The molecular formula is C28H29NO6S2. The minimum absolute atomic E-state index is 0.00971. The van der Waals surface area contributed by atoms with Gasteiger partial charge < -0.3 is 18.6 Å². The van der Waals surface area contributed by atoms with E-state index < -0.39 is 5.97 Å². The normalized spacial score (nSPS) is 29.3. The van der Waals surface area contributed by atoms with Crippen molar-refractivity contribution in [2.45, 2.75) is 38.1 Å². The van der Waals surface area contributed by atoms with Gasteiger partial charge in [-0.25, -0.2) is 4.79 Å². The third-order valence-electron chi connectivity index (χ3n) is 8.37. The van der Waals surface area contributed by atoms with Gasteiger partial charge in [-0.15, -0.1) is 0 Å². The Balaban J connectivity index is 1.27. The summed E-state index contributed by atoms with van der Waals surface area (Å²) in [4.78, 5) is 28.4. The van der Waals surface area contributed by atoms with Crippen LogP contribution in [0.3, 0.4) is 0 Å². The van der Waals surface area contributed by atoms with Gasteiger partial charge in [-0.1, -0.05) is 24.0 Å². The lowest BCUT2D eigenvalue weighted by Gasteiger charge is -2.56. The summed E-state index contributed by atoms with van der Waals surface area (Å²) < 4.78 is 22.4. The highest BCUT2D eigenvalue weighted by molar-refractivity contribution is 8.26. The van der Waals surface area contributed by atoms with Crippen LogP contribution in [0, 0.1) is 23.7 Å². The maximum absolute atomic E-state index is 13.6. The number of amides is 1. The molecule has 5 aliphatic rings. The molecule has 1 saturated heterocycles. The van der Waals surface area contributed by atoms with Crippen LogP contribution in [0.2, 0.25) is 0 Å². The zero-order valence-electron chi connectivity index (χ0n) is 21.0. The molecule has 37 heavy (non-hydrogen) atoms. The summed E-state index contributed by atoms with van der Waals surface area (Å²) in [6.07, 6.45) is 8.06. The Bertz CT molecular complexity index is 1290. The van der Waals surface area contributed by atoms with Crippen molar-refractivity contribution < 1.29 is 28.2 Å². The van der Waals surface area contributed by atoms with E-state index in [2.05, 4.69) is 0 Å². The second-order valence-corrected chi connectivity index (χ2v) is 12.1. The largest absolute Gasteiger partial charge is 0.493 e. The minimum Gasteiger partial charge on any atom is -0.493 e. The van der Waals surface area contributed by atoms with Gasteiger partial charge in [0.2, 0.25) is 0 Å². The Labute approximate surface area is 225 Å². The summed E-state index contributed by atoms with van der Waals surface area (Å²) in [5, 5.41) is 0. The van der Waals surface area contributed by atoms with Gasteiger partial charge in [-0.05, 0) is 80.0 Å². The van der Waals surface area contributed by atoms with E-state index >= 15 is 0 Å². The fourth-order valence-electron chi connectivity index (χ4n) is 7.14. The smallest absolute Gasteiger partial charge is 0.341 e. The molecule has 0 unspecified atom stereocenters. The number of hydrogen-bond acceptors (Lipinski definition) is 8. The topological polar surface area (TPSA) is 78.2 Å². The summed E-state index contributed by atoms with van der Waals surface area (Å²) in [5.41, 5.74) is 0.854. The quantitative estimate of drug-likeness (QED) is 0.260. The van der Waals surface area contributed by atoms with Crippen LogP contribution < -0.4 is 9.47 Å². The Kier molecular flexibility index (Phi) is 6.31. The first kappa shape index (κ1) is 24.6. The van der Waals surface area contributed by atoms with Crippen molar-refractivity contribution in [1.82, 2.24) is 4.90 Å². The standard InChI is InChI=1S/C28H29NO6S2/c1-32-22-12-16(11-20(25(22)33-2)27(31)34-3)21-5-4-19(35-21)13-23-26(30)29(28(36)37-23)24-17-7-14-6-15(9-17)10-18(24)8-14/h4-5,11-15,17-18,24H,6-10H2,1-3H3. The Morgan fingerprint density at radius 2 is 1.76 bits per heavy atom. The summed E-state index contributed by atoms with van der Waals surface area (Å²) in [6, 6.07) is 7.22. The van der Waals surface area contributed by atoms with E-state index in [1.54, 1.807) is 30.3 Å². The first-order valence-corrected chi connectivity index (χ1v) is 13.8. The van der Waals surface area contributed by atoms with Crippen LogP contribution in [-0.4, -0.2) is 48.5 Å². The zero-order valence-corrected chi connectivity index (χ0v) is 22.7. The number of thioether (sulfide) groups is 1. The monoisotopic (exact) mass is 539 g/mol. The third-order valence-corrected chi connectivity index (χ3v) is 9.70. The molecule has 1 amide bonds. The average molecular weight is 540 g/mol. The minimum atomic E-state index is -0.544. The van der Waals surface area contributed by atoms with Crippen molar-refractivity contribution in [2.24, 2.45) is 23.7 Å². The average Bonchev–Trinajstić information content (AvgIpc) is 3.46. The lowest BCUT2D eigenvalue weighted by Crippen LogP contribution is -2.57. The number of esters is 1. The molecule has 1 aromatic heterocycles. The highest BCUT2D eigenvalue weighted by Crippen LogP contribution is 2.56. The van der Waals surface area contributed by atoms with Gasteiger partial charge in [0, 0.05) is 17.7 Å². The number of thiocarbonyl (C=S) groups is 1. The van der Waals surface area contributed by atoms with E-state index in [1.807, 2.05) is 4.90 Å². The molecule has 7 rings (SSSR count). The van der Waals surface area contributed by atoms with Crippen molar-refractivity contribution in [1.29, 1.82) is 0 Å². The SMILES string of the molecule is COC(=O)c1cc(-c2ccc(C=C3SC(=S)N(C4C5CC6CC(C5)CC4C6)C3=O)o2)cc(OC)c1OC. The second kappa shape index (κ2) is 9.51. The van der Waals surface area contributed by atoms with E-state index in [0.717, 1.165) is 11.8 Å². The lowest BCUT2D eigenvalue weighted by molar-refractivity contribution is -0.130. The molecule has 2 heterocycles. The van der Waals surface area contributed by atoms with Gasteiger partial charge in [0.1, 0.15) is 21.4 Å². The number of hydrogen-bond donors (Lipinski definition) is 0. The van der Waals surface area contributed by atoms with Crippen molar-refractivity contribution in [3.63, 3.8) is 0 Å². The van der Waals surface area contributed by atoms with Crippen LogP contribution in [0.25, 0.3) is 17.4 Å². The number of furan rings is 1. The van der Waals surface area contributed by atoms with Gasteiger partial charge in [0.05, 0.1) is 26.2 Å². The second-order valence-electron chi connectivity index (χ2n) is 10.4. The van der Waals surface area contributed by atoms with E-state index in [0.29, 0.717) is 49.6 Å². The predicted molar refractivity (Wildman–Crippen MR) is 144 cm³/mol. The lowest BCUT2D eigenvalue weighted by atomic mass is 9.54. The molecule has 0 spiro atoms. The fourth-order valence-corrected chi connectivity index (χ4v) is 8.46. The Morgan fingerprint density at radius 3 is 2.38 bits per heavy atom. The van der Waals surface area contributed by atoms with Crippen LogP contribution in [0.1, 0.15) is 48.2 Å². The molecule has 4 saturated carbocycles. The molecule has 4 aliphatic carbocycles. The van der Waals surface area contributed by atoms with E-state index in [4.69, 9.17) is 30.8 Å². The van der Waals surface area contributed by atoms with Gasteiger partial charge >= 0.3 is 5.97 Å². The molecule has 9 heteroatoms. The number of rotatable bonds is 6. The zero-order chi connectivity index (χ0) is 25.8. The third kappa shape index (κ3) is 4.16. The number of ether oxygens (including phenoxy) is 3. The highest BCUT2D eigenvalue weighted by Gasteiger charge is 2.53. The molecule has 4 bridgehead atoms. The maximum atomic E-state index is 13.6. The molecular weight excluding hydrogens is 510 g/mol. The van der Waals surface area contributed by atoms with Crippen LogP contribution in [-0.2, 0) is 9.53 Å². The van der Waals surface area contributed by atoms with E-state index in [9.17, 15) is 9.59 Å². The summed E-state index contributed by atoms with van der Waals surface area (Å²) in [5.74, 6) is 4.00. The molecule has 7 nitrogen and oxygen atoms in total. The maximum Gasteiger partial charge on any atom is 0.341 e. The molecule has 0 atom stereocenters. The Hall–Kier alpha value is -2.78. The van der Waals surface area contributed by atoms with Crippen LogP contribution in [0.5, 0.6) is 11.5 Å². The number of carbonyl (C=O) groups is 2. The molecule has 0 N–H and O–H groups in total. The predicted octanol–water partition coefficient (Wildman–Crippen LogP) is 5.78. The van der Waals surface area contributed by atoms with E-state index in [1.165, 1.54) is 65.2 Å². The summed E-state index contributed by atoms with van der Waals surface area (Å²) in [7, 11) is 4.28. The van der Waals surface area contributed by atoms with Crippen LogP contribution >= 0.6 is 24.0 Å². The van der Waals surface area contributed by atoms with Crippen molar-refractivity contribution in [3.05, 3.63) is 40.5 Å². The number of methoxy groups -OCH3 is 3. The first-order chi connectivity index (χ1) is 17.9. The van der Waals surface area contributed by atoms with Gasteiger partial charge in [-0.3, -0.25) is 9.69 Å². The molecule has 0 radical (unpaired) electrons. The Morgan fingerprint density at radius 1 is 1.05 bits per heavy atom. The number of carbonyl (C=O) groups excluding carboxylic acids is 2. The molecule has 5 fully saturated rings. The van der Waals surface area contributed by atoms with E-state index in [-0.39, 0.29) is 17.5 Å². The molecule has 1 aliphatic heterocycles. The highest BCUT2D eigenvalue weighted by atomic mass is 32.2. The summed E-state index contributed by atoms with van der Waals surface area (Å²) in [6.45, 7) is 0. The molecule has 1 aromatic carbocycles. The fraction of sp³-hybridized carbons (Fsp3) is 0.464. The molecule has 194 valence electrons. The van der Waals surface area contributed by atoms with Crippen LogP contribution in [0.15, 0.2) is 33.6 Å². The first-order valence-electron chi connectivity index (χ1n) is 12.6. The van der Waals surface area contributed by atoms with Gasteiger partial charge in [0.15, 0.2) is 11.5 Å². The van der Waals surface area contributed by atoms with Crippen molar-refractivity contribution in [3.8, 4) is 22.8 Å². The number of benzene rings is 1. The van der Waals surface area contributed by atoms with Crippen LogP contribution in [0.4, 0.5) is 0 Å². The molecule has 2 aromatic rings. The van der Waals surface area contributed by atoms with Gasteiger partial charge in [-0.2, -0.15) is 0 Å². The van der Waals surface area contributed by atoms with Crippen molar-refractivity contribution in [2.75, 3.05) is 21.3 Å². The number of nitrogens with zero attached hydrogens (tertiary/aromatic N) is 1.